The van der Waals surface area contributed by atoms with Crippen molar-refractivity contribution in [1.29, 1.82) is 0 Å². The molecule has 0 saturated carbocycles. The fourth-order valence-electron chi connectivity index (χ4n) is 3.70. The maximum atomic E-state index is 5.43. The van der Waals surface area contributed by atoms with E-state index < -0.39 is 0 Å². The highest BCUT2D eigenvalue weighted by Gasteiger charge is 2.42. The third kappa shape index (κ3) is 3.21. The molecular formula is C19H27NO. The van der Waals surface area contributed by atoms with Crippen molar-refractivity contribution in [2.75, 3.05) is 27.2 Å². The first kappa shape index (κ1) is 15.8. The molecule has 0 spiro atoms. The van der Waals surface area contributed by atoms with E-state index in [1.54, 1.807) is 7.11 Å². The number of hydrogen-bond acceptors (Lipinski definition) is 2. The molecule has 1 aliphatic rings. The number of hydrogen-bond donors (Lipinski definition) is 0. The van der Waals surface area contributed by atoms with Crippen LogP contribution in [0.2, 0.25) is 0 Å². The molecule has 21 heavy (non-hydrogen) atoms. The molecule has 1 fully saturated rings. The Kier molecular flexibility index (Phi) is 5.24. The zero-order valence-corrected chi connectivity index (χ0v) is 13.3. The number of ether oxygens (including phenoxy) is 1. The lowest BCUT2D eigenvalue weighted by Gasteiger charge is -2.47. The Bertz CT molecular complexity index is 496. The van der Waals surface area contributed by atoms with E-state index in [0.717, 1.165) is 38.1 Å². The third-order valence-corrected chi connectivity index (χ3v) is 4.86. The van der Waals surface area contributed by atoms with Gasteiger partial charge in [0.15, 0.2) is 0 Å². The van der Waals surface area contributed by atoms with Crippen molar-refractivity contribution in [3.63, 3.8) is 0 Å². The lowest BCUT2D eigenvalue weighted by atomic mass is 9.63. The third-order valence-electron chi connectivity index (χ3n) is 4.86. The standard InChI is InChI=1S/C19H27NO/c1-5-8-17-15-20(3)13-12-19(17,11-6-2)16-9-7-10-18(14-16)21-4/h5-7,9-10,14,17H,1-2,8,11-13,15H2,3-4H3/t17-,19-/m0/s1. The quantitative estimate of drug-likeness (QED) is 0.732. The van der Waals surface area contributed by atoms with Gasteiger partial charge in [0.1, 0.15) is 5.75 Å². The second kappa shape index (κ2) is 6.95. The number of allylic oxidation sites excluding steroid dienone is 2. The van der Waals surface area contributed by atoms with Crippen LogP contribution in [0.15, 0.2) is 49.6 Å². The maximum absolute atomic E-state index is 5.43. The van der Waals surface area contributed by atoms with Gasteiger partial charge in [-0.05, 0) is 56.5 Å². The summed E-state index contributed by atoms with van der Waals surface area (Å²) in [5, 5.41) is 0. The number of rotatable bonds is 6. The summed E-state index contributed by atoms with van der Waals surface area (Å²) in [6.45, 7) is 10.2. The summed E-state index contributed by atoms with van der Waals surface area (Å²) >= 11 is 0. The van der Waals surface area contributed by atoms with Crippen LogP contribution in [0.5, 0.6) is 5.75 Å². The van der Waals surface area contributed by atoms with E-state index in [2.05, 4.69) is 55.5 Å². The Morgan fingerprint density at radius 2 is 2.19 bits per heavy atom. The van der Waals surface area contributed by atoms with Crippen LogP contribution in [0.4, 0.5) is 0 Å². The van der Waals surface area contributed by atoms with E-state index in [4.69, 9.17) is 4.74 Å². The zero-order chi connectivity index (χ0) is 15.3. The summed E-state index contributed by atoms with van der Waals surface area (Å²) in [5.74, 6) is 1.51. The molecule has 1 saturated heterocycles. The molecule has 2 heteroatoms. The van der Waals surface area contributed by atoms with Gasteiger partial charge in [0.25, 0.3) is 0 Å². The monoisotopic (exact) mass is 285 g/mol. The summed E-state index contributed by atoms with van der Waals surface area (Å²) in [5.41, 5.74) is 1.53. The molecule has 2 rings (SSSR count). The van der Waals surface area contributed by atoms with Gasteiger partial charge in [0, 0.05) is 12.0 Å². The largest absolute Gasteiger partial charge is 0.497 e. The summed E-state index contributed by atoms with van der Waals surface area (Å²) < 4.78 is 5.43. The number of piperidine rings is 1. The molecule has 0 radical (unpaired) electrons. The molecule has 0 bridgehead atoms. The van der Waals surface area contributed by atoms with Crippen LogP contribution in [-0.2, 0) is 5.41 Å². The average Bonchev–Trinajstić information content (AvgIpc) is 2.50. The zero-order valence-electron chi connectivity index (χ0n) is 13.3. The van der Waals surface area contributed by atoms with Crippen molar-refractivity contribution in [3.05, 3.63) is 55.1 Å². The summed E-state index contributed by atoms with van der Waals surface area (Å²) in [7, 11) is 3.94. The van der Waals surface area contributed by atoms with Crippen molar-refractivity contribution in [3.8, 4) is 5.75 Å². The minimum absolute atomic E-state index is 0.150. The fourth-order valence-corrected chi connectivity index (χ4v) is 3.70. The van der Waals surface area contributed by atoms with E-state index in [9.17, 15) is 0 Å². The minimum atomic E-state index is 0.150. The lowest BCUT2D eigenvalue weighted by molar-refractivity contribution is 0.111. The number of nitrogens with zero attached hydrogens (tertiary/aromatic N) is 1. The van der Waals surface area contributed by atoms with Gasteiger partial charge in [0.2, 0.25) is 0 Å². The predicted molar refractivity (Wildman–Crippen MR) is 89.9 cm³/mol. The molecule has 1 aliphatic heterocycles. The van der Waals surface area contributed by atoms with Crippen LogP contribution in [0.3, 0.4) is 0 Å². The molecule has 0 unspecified atom stereocenters. The van der Waals surface area contributed by atoms with E-state index in [1.807, 2.05) is 6.07 Å². The van der Waals surface area contributed by atoms with Crippen molar-refractivity contribution in [2.24, 2.45) is 5.92 Å². The van der Waals surface area contributed by atoms with E-state index in [0.29, 0.717) is 5.92 Å². The van der Waals surface area contributed by atoms with Gasteiger partial charge in [-0.1, -0.05) is 24.3 Å². The SMILES string of the molecule is C=CC[C@H]1CN(C)CC[C@@]1(CC=C)c1cccc(OC)c1. The van der Waals surface area contributed by atoms with E-state index in [1.165, 1.54) is 5.56 Å². The minimum Gasteiger partial charge on any atom is -0.497 e. The van der Waals surface area contributed by atoms with Crippen LogP contribution < -0.4 is 4.74 Å². The van der Waals surface area contributed by atoms with Crippen LogP contribution in [0.25, 0.3) is 0 Å². The first-order chi connectivity index (χ1) is 10.2. The Labute approximate surface area is 129 Å². The maximum Gasteiger partial charge on any atom is 0.119 e. The summed E-state index contributed by atoms with van der Waals surface area (Å²) in [6, 6.07) is 8.56. The van der Waals surface area contributed by atoms with E-state index in [-0.39, 0.29) is 5.41 Å². The molecule has 114 valence electrons. The van der Waals surface area contributed by atoms with Crippen molar-refractivity contribution in [2.45, 2.75) is 24.7 Å². The van der Waals surface area contributed by atoms with Gasteiger partial charge >= 0.3 is 0 Å². The highest BCUT2D eigenvalue weighted by atomic mass is 16.5. The smallest absolute Gasteiger partial charge is 0.119 e. The highest BCUT2D eigenvalue weighted by molar-refractivity contribution is 5.36. The Morgan fingerprint density at radius 1 is 1.38 bits per heavy atom. The van der Waals surface area contributed by atoms with Crippen LogP contribution in [0, 0.1) is 5.92 Å². The van der Waals surface area contributed by atoms with Crippen LogP contribution in [0.1, 0.15) is 24.8 Å². The van der Waals surface area contributed by atoms with Crippen molar-refractivity contribution >= 4 is 0 Å². The summed E-state index contributed by atoms with van der Waals surface area (Å²) in [6.07, 6.45) is 7.33. The normalized spacial score (nSPS) is 26.3. The van der Waals surface area contributed by atoms with Gasteiger partial charge in [0.05, 0.1) is 7.11 Å². The first-order valence-electron chi connectivity index (χ1n) is 7.71. The second-order valence-electron chi connectivity index (χ2n) is 6.11. The Hall–Kier alpha value is -1.54. The van der Waals surface area contributed by atoms with Crippen molar-refractivity contribution in [1.82, 2.24) is 4.90 Å². The Morgan fingerprint density at radius 3 is 2.86 bits per heavy atom. The summed E-state index contributed by atoms with van der Waals surface area (Å²) in [4.78, 5) is 2.43. The van der Waals surface area contributed by atoms with Crippen molar-refractivity contribution < 1.29 is 4.74 Å². The van der Waals surface area contributed by atoms with Gasteiger partial charge in [-0.2, -0.15) is 0 Å². The molecule has 1 aromatic carbocycles. The second-order valence-corrected chi connectivity index (χ2v) is 6.11. The highest BCUT2D eigenvalue weighted by Crippen LogP contribution is 2.45. The predicted octanol–water partition coefficient (Wildman–Crippen LogP) is 4.04. The lowest BCUT2D eigenvalue weighted by Crippen LogP contribution is -2.48. The molecular weight excluding hydrogens is 258 g/mol. The van der Waals surface area contributed by atoms with Gasteiger partial charge in [-0.25, -0.2) is 0 Å². The van der Waals surface area contributed by atoms with Crippen LogP contribution in [-0.4, -0.2) is 32.1 Å². The molecule has 2 nitrogen and oxygen atoms in total. The van der Waals surface area contributed by atoms with Gasteiger partial charge in [-0.15, -0.1) is 13.2 Å². The molecule has 2 atom stereocenters. The molecule has 0 aromatic heterocycles. The molecule has 0 aliphatic carbocycles. The fraction of sp³-hybridized carbons (Fsp3) is 0.474. The average molecular weight is 285 g/mol. The first-order valence-corrected chi connectivity index (χ1v) is 7.71. The van der Waals surface area contributed by atoms with Crippen LogP contribution >= 0.6 is 0 Å². The number of likely N-dealkylation sites (tertiary alicyclic amines) is 1. The molecule has 1 heterocycles. The number of methoxy groups -OCH3 is 1. The van der Waals surface area contributed by atoms with Gasteiger partial charge in [-0.3, -0.25) is 0 Å². The van der Waals surface area contributed by atoms with E-state index >= 15 is 0 Å². The molecule has 1 aromatic rings. The van der Waals surface area contributed by atoms with Gasteiger partial charge < -0.3 is 9.64 Å². The molecule has 0 N–H and O–H groups in total. The number of benzene rings is 1. The Balaban J connectivity index is 2.45. The topological polar surface area (TPSA) is 12.5 Å². The molecule has 0 amide bonds.